The van der Waals surface area contributed by atoms with Crippen LogP contribution < -0.4 is 10.1 Å². The number of halogens is 3. The number of hydrogen-bond acceptors (Lipinski definition) is 6. The zero-order valence-electron chi connectivity index (χ0n) is 15.7. The molecule has 0 aliphatic carbocycles. The second-order valence-electron chi connectivity index (χ2n) is 6.73. The first kappa shape index (κ1) is 21.8. The van der Waals surface area contributed by atoms with Crippen LogP contribution in [-0.4, -0.2) is 59.4 Å². The van der Waals surface area contributed by atoms with E-state index in [0.29, 0.717) is 5.69 Å². The van der Waals surface area contributed by atoms with E-state index in [1.807, 2.05) is 17.2 Å². The molecule has 6 nitrogen and oxygen atoms in total. The number of carbonyl (C=O) groups is 1. The number of anilines is 1. The first-order valence-electron chi connectivity index (χ1n) is 8.95. The maximum atomic E-state index is 12.2. The van der Waals surface area contributed by atoms with Crippen molar-refractivity contribution in [3.05, 3.63) is 39.3 Å². The van der Waals surface area contributed by atoms with Crippen LogP contribution in [0.15, 0.2) is 29.6 Å². The summed E-state index contributed by atoms with van der Waals surface area (Å²) >= 11 is 6.90. The molecule has 1 amide bonds. The van der Waals surface area contributed by atoms with E-state index in [1.165, 1.54) is 24.3 Å². The van der Waals surface area contributed by atoms with Crippen LogP contribution in [0.5, 0.6) is 5.75 Å². The van der Waals surface area contributed by atoms with Crippen LogP contribution in [-0.2, 0) is 11.5 Å². The fraction of sp³-hybridized carbons (Fsp3) is 0.444. The van der Waals surface area contributed by atoms with Crippen LogP contribution in [0.3, 0.4) is 0 Å². The Hall–Kier alpha value is -1.95. The standard InChI is InChI=1S/C18H21F3N4O2S2/c1-13-11-29-17(28)25(13)12-24-8-6-23(7-9-24)10-16(26)22-14-2-4-15(5-3-14)27-18(19,20)21/h2-5,11H,6-10,12H2,1H3,(H,22,26). The second kappa shape index (κ2) is 9.24. The molecule has 1 saturated heterocycles. The molecular formula is C18H21F3N4O2S2. The predicted molar refractivity (Wildman–Crippen MR) is 108 cm³/mol. The second-order valence-corrected chi connectivity index (χ2v) is 8.23. The third-order valence-corrected chi connectivity index (χ3v) is 5.91. The molecule has 0 saturated carbocycles. The third kappa shape index (κ3) is 6.53. The summed E-state index contributed by atoms with van der Waals surface area (Å²) < 4.78 is 43.3. The van der Waals surface area contributed by atoms with Crippen molar-refractivity contribution >= 4 is 35.1 Å². The zero-order chi connectivity index (χ0) is 21.0. The lowest BCUT2D eigenvalue weighted by Gasteiger charge is -2.34. The van der Waals surface area contributed by atoms with Crippen molar-refractivity contribution in [2.24, 2.45) is 0 Å². The van der Waals surface area contributed by atoms with Crippen molar-refractivity contribution in [3.63, 3.8) is 0 Å². The summed E-state index contributed by atoms with van der Waals surface area (Å²) in [7, 11) is 0. The molecule has 1 N–H and O–H groups in total. The number of benzene rings is 1. The first-order chi connectivity index (χ1) is 13.7. The van der Waals surface area contributed by atoms with Crippen molar-refractivity contribution in [1.29, 1.82) is 0 Å². The van der Waals surface area contributed by atoms with Gasteiger partial charge in [-0.05, 0) is 43.4 Å². The van der Waals surface area contributed by atoms with Crippen molar-refractivity contribution in [3.8, 4) is 5.75 Å². The Morgan fingerprint density at radius 2 is 1.79 bits per heavy atom. The average Bonchev–Trinajstić information content (AvgIpc) is 2.96. The maximum Gasteiger partial charge on any atom is 0.573 e. The number of alkyl halides is 3. The van der Waals surface area contributed by atoms with Gasteiger partial charge in [0.05, 0.1) is 13.2 Å². The van der Waals surface area contributed by atoms with Crippen molar-refractivity contribution in [1.82, 2.24) is 14.4 Å². The predicted octanol–water partition coefficient (Wildman–Crippen LogP) is 3.70. The van der Waals surface area contributed by atoms with Crippen LogP contribution >= 0.6 is 23.6 Å². The molecule has 0 atom stereocenters. The van der Waals surface area contributed by atoms with Crippen LogP contribution in [0.1, 0.15) is 5.69 Å². The van der Waals surface area contributed by atoms with Gasteiger partial charge in [-0.1, -0.05) is 0 Å². The number of hydrogen-bond donors (Lipinski definition) is 1. The summed E-state index contributed by atoms with van der Waals surface area (Å²) in [6, 6.07) is 5.09. The van der Waals surface area contributed by atoms with E-state index in [0.717, 1.165) is 42.5 Å². The van der Waals surface area contributed by atoms with E-state index in [2.05, 4.69) is 19.5 Å². The number of aryl methyl sites for hydroxylation is 1. The largest absolute Gasteiger partial charge is 0.573 e. The van der Waals surface area contributed by atoms with Gasteiger partial charge in [-0.15, -0.1) is 24.5 Å². The number of piperazine rings is 1. The van der Waals surface area contributed by atoms with Crippen LogP contribution in [0.4, 0.5) is 18.9 Å². The Balaban J connectivity index is 1.43. The SMILES string of the molecule is Cc1csc(=S)n1CN1CCN(CC(=O)Nc2ccc(OC(F)(F)F)cc2)CC1. The van der Waals surface area contributed by atoms with E-state index < -0.39 is 6.36 Å². The summed E-state index contributed by atoms with van der Waals surface area (Å²) in [5.41, 5.74) is 1.57. The topological polar surface area (TPSA) is 49.7 Å². The molecule has 1 aromatic carbocycles. The van der Waals surface area contributed by atoms with E-state index in [4.69, 9.17) is 12.2 Å². The third-order valence-electron chi connectivity index (χ3n) is 4.52. The van der Waals surface area contributed by atoms with Crippen LogP contribution in [0.25, 0.3) is 0 Å². The molecule has 1 aromatic heterocycles. The van der Waals surface area contributed by atoms with Gasteiger partial charge in [0.2, 0.25) is 5.91 Å². The Kier molecular flexibility index (Phi) is 6.93. The molecule has 1 aliphatic rings. The molecule has 158 valence electrons. The molecule has 2 heterocycles. The highest BCUT2D eigenvalue weighted by Crippen LogP contribution is 2.24. The molecule has 0 bridgehead atoms. The van der Waals surface area contributed by atoms with E-state index >= 15 is 0 Å². The number of ether oxygens (including phenoxy) is 1. The number of thiazole rings is 1. The monoisotopic (exact) mass is 446 g/mol. The quantitative estimate of drug-likeness (QED) is 0.686. The minimum Gasteiger partial charge on any atom is -0.406 e. The van der Waals surface area contributed by atoms with Gasteiger partial charge in [0.25, 0.3) is 0 Å². The van der Waals surface area contributed by atoms with Gasteiger partial charge >= 0.3 is 6.36 Å². The molecule has 1 fully saturated rings. The summed E-state index contributed by atoms with van der Waals surface area (Å²) in [4.78, 5) is 16.6. The lowest BCUT2D eigenvalue weighted by Crippen LogP contribution is -2.48. The fourth-order valence-electron chi connectivity index (χ4n) is 3.01. The van der Waals surface area contributed by atoms with Crippen molar-refractivity contribution < 1.29 is 22.7 Å². The minimum atomic E-state index is -4.74. The Morgan fingerprint density at radius 3 is 2.34 bits per heavy atom. The van der Waals surface area contributed by atoms with Gasteiger partial charge in [0.15, 0.2) is 3.95 Å². The average molecular weight is 447 g/mol. The van der Waals surface area contributed by atoms with E-state index in [1.54, 1.807) is 11.3 Å². The molecule has 3 rings (SSSR count). The number of amides is 1. The van der Waals surface area contributed by atoms with Gasteiger partial charge in [0.1, 0.15) is 5.75 Å². The molecule has 0 spiro atoms. The lowest BCUT2D eigenvalue weighted by molar-refractivity contribution is -0.274. The Morgan fingerprint density at radius 1 is 1.17 bits per heavy atom. The van der Waals surface area contributed by atoms with Gasteiger partial charge < -0.3 is 14.6 Å². The molecule has 11 heteroatoms. The smallest absolute Gasteiger partial charge is 0.406 e. The highest BCUT2D eigenvalue weighted by Gasteiger charge is 2.31. The number of carbonyl (C=O) groups excluding carboxylic acids is 1. The molecule has 0 unspecified atom stereocenters. The van der Waals surface area contributed by atoms with E-state index in [9.17, 15) is 18.0 Å². The summed E-state index contributed by atoms with van der Waals surface area (Å²) in [6.45, 7) is 6.17. The summed E-state index contributed by atoms with van der Waals surface area (Å²) in [5.74, 6) is -0.536. The molecule has 29 heavy (non-hydrogen) atoms. The molecule has 0 radical (unpaired) electrons. The van der Waals surface area contributed by atoms with Gasteiger partial charge in [0, 0.05) is 42.9 Å². The first-order valence-corrected chi connectivity index (χ1v) is 10.2. The zero-order valence-corrected chi connectivity index (χ0v) is 17.4. The lowest BCUT2D eigenvalue weighted by atomic mass is 10.3. The minimum absolute atomic E-state index is 0.209. The van der Waals surface area contributed by atoms with Crippen molar-refractivity contribution in [2.45, 2.75) is 20.0 Å². The van der Waals surface area contributed by atoms with Crippen LogP contribution in [0, 0.1) is 10.9 Å². The Bertz CT molecular complexity index is 888. The van der Waals surface area contributed by atoms with Gasteiger partial charge in [-0.25, -0.2) is 0 Å². The summed E-state index contributed by atoms with van der Waals surface area (Å²) in [5, 5.41) is 4.74. The highest BCUT2D eigenvalue weighted by molar-refractivity contribution is 7.73. The normalized spacial score (nSPS) is 16.0. The van der Waals surface area contributed by atoms with Gasteiger partial charge in [-0.3, -0.25) is 14.6 Å². The molecule has 2 aromatic rings. The Labute approximate surface area is 175 Å². The highest BCUT2D eigenvalue weighted by atomic mass is 32.1. The van der Waals surface area contributed by atoms with E-state index in [-0.39, 0.29) is 18.2 Å². The summed E-state index contributed by atoms with van der Waals surface area (Å²) in [6.07, 6.45) is -4.74. The number of nitrogens with zero attached hydrogens (tertiary/aromatic N) is 3. The fourth-order valence-corrected chi connectivity index (χ4v) is 4.08. The molecular weight excluding hydrogens is 425 g/mol. The molecule has 1 aliphatic heterocycles. The number of nitrogens with one attached hydrogen (secondary N) is 1. The number of rotatable bonds is 6. The number of aromatic nitrogens is 1. The van der Waals surface area contributed by atoms with Gasteiger partial charge in [-0.2, -0.15) is 0 Å². The maximum absolute atomic E-state index is 12.2. The van der Waals surface area contributed by atoms with Crippen molar-refractivity contribution in [2.75, 3.05) is 38.0 Å². The van der Waals surface area contributed by atoms with Crippen LogP contribution in [0.2, 0.25) is 0 Å².